The lowest BCUT2D eigenvalue weighted by Crippen LogP contribution is -2.61. The van der Waals surface area contributed by atoms with Crippen molar-refractivity contribution >= 4 is 29.6 Å². The predicted molar refractivity (Wildman–Crippen MR) is 148 cm³/mol. The summed E-state index contributed by atoms with van der Waals surface area (Å²) in [6.07, 6.45) is 1.03. The molecule has 1 unspecified atom stereocenters. The first-order chi connectivity index (χ1) is 17.7. The van der Waals surface area contributed by atoms with E-state index >= 15 is 0 Å². The lowest BCUT2D eigenvalue weighted by Gasteiger charge is -2.38. The van der Waals surface area contributed by atoms with Gasteiger partial charge >= 0.3 is 6.09 Å². The van der Waals surface area contributed by atoms with E-state index in [2.05, 4.69) is 36.4 Å². The quantitative estimate of drug-likeness (QED) is 0.284. The number of carbonyl (C=O) groups is 5. The van der Waals surface area contributed by atoms with Crippen LogP contribution in [0, 0.1) is 28.6 Å². The molecule has 0 spiro atoms. The lowest BCUT2D eigenvalue weighted by molar-refractivity contribution is -0.145. The molecule has 0 radical (unpaired) electrons. The summed E-state index contributed by atoms with van der Waals surface area (Å²) in [5, 5.41) is 7.99. The predicted octanol–water partition coefficient (Wildman–Crippen LogP) is 2.81. The molecule has 1 heterocycles. The molecule has 5 atom stereocenters. The van der Waals surface area contributed by atoms with E-state index in [-0.39, 0.29) is 42.0 Å². The molecule has 2 rings (SSSR count). The van der Waals surface area contributed by atoms with Gasteiger partial charge in [-0.3, -0.25) is 19.2 Å². The molecule has 10 heteroatoms. The topological polar surface area (TPSA) is 134 Å². The van der Waals surface area contributed by atoms with Gasteiger partial charge in [-0.1, -0.05) is 54.5 Å². The summed E-state index contributed by atoms with van der Waals surface area (Å²) in [5.74, 6) is -2.35. The van der Waals surface area contributed by atoms with Crippen molar-refractivity contribution in [2.45, 2.75) is 99.4 Å². The zero-order chi connectivity index (χ0) is 30.1. The highest BCUT2D eigenvalue weighted by Gasteiger charge is 2.70. The maximum absolute atomic E-state index is 13.9. The van der Waals surface area contributed by atoms with Gasteiger partial charge in [0, 0.05) is 13.1 Å². The van der Waals surface area contributed by atoms with Gasteiger partial charge in [0.2, 0.25) is 17.6 Å². The number of Topliss-reactive ketones (excluding diaryl/α,β-unsaturated/α-hetero) is 1. The van der Waals surface area contributed by atoms with E-state index in [1.54, 1.807) is 20.8 Å². The Morgan fingerprint density at radius 3 is 2.13 bits per heavy atom. The smallest absolute Gasteiger partial charge is 0.408 e. The normalized spacial score (nSPS) is 23.3. The van der Waals surface area contributed by atoms with Crippen LogP contribution < -0.4 is 16.0 Å². The van der Waals surface area contributed by atoms with Crippen LogP contribution in [0.15, 0.2) is 12.7 Å². The molecule has 10 nitrogen and oxygen atoms in total. The Labute approximate surface area is 233 Å². The zero-order valence-electron chi connectivity index (χ0n) is 25.3. The molecule has 39 heavy (non-hydrogen) atoms. The van der Waals surface area contributed by atoms with E-state index in [9.17, 15) is 24.0 Å². The number of nitrogens with one attached hydrogen (secondary N) is 3. The molecule has 1 saturated heterocycles. The summed E-state index contributed by atoms with van der Waals surface area (Å²) in [7, 11) is 0. The Hall–Kier alpha value is -2.91. The highest BCUT2D eigenvalue weighted by atomic mass is 16.6. The molecule has 220 valence electrons. The van der Waals surface area contributed by atoms with E-state index in [1.807, 2.05) is 34.6 Å². The second kappa shape index (κ2) is 11.7. The van der Waals surface area contributed by atoms with Gasteiger partial charge in [0.1, 0.15) is 17.7 Å². The second-order valence-electron chi connectivity index (χ2n) is 13.9. The van der Waals surface area contributed by atoms with Crippen molar-refractivity contribution in [3.05, 3.63) is 12.7 Å². The van der Waals surface area contributed by atoms with Gasteiger partial charge in [-0.15, -0.1) is 6.58 Å². The molecule has 3 N–H and O–H groups in total. The Bertz CT molecular complexity index is 991. The van der Waals surface area contributed by atoms with Gasteiger partial charge < -0.3 is 25.6 Å². The molecule has 1 aliphatic carbocycles. The minimum absolute atomic E-state index is 0.0289. The number of fused-ring (bicyclic) bond motifs is 1. The number of ether oxygens (including phenoxy) is 1. The van der Waals surface area contributed by atoms with E-state index in [0.717, 1.165) is 0 Å². The molecule has 0 aromatic rings. The fourth-order valence-electron chi connectivity index (χ4n) is 5.42. The Morgan fingerprint density at radius 2 is 1.64 bits per heavy atom. The van der Waals surface area contributed by atoms with Gasteiger partial charge in [0.15, 0.2) is 0 Å². The molecular formula is C29H48N4O6. The number of hydrogen-bond donors (Lipinski definition) is 3. The minimum Gasteiger partial charge on any atom is -0.444 e. The molecule has 2 aliphatic rings. The summed E-state index contributed by atoms with van der Waals surface area (Å²) in [4.78, 5) is 67.2. The summed E-state index contributed by atoms with van der Waals surface area (Å²) in [5.41, 5.74) is -1.57. The highest BCUT2D eigenvalue weighted by Crippen LogP contribution is 2.65. The third kappa shape index (κ3) is 7.82. The number of hydrogen-bond acceptors (Lipinski definition) is 6. The molecule has 0 aromatic carbocycles. The maximum atomic E-state index is 13.9. The van der Waals surface area contributed by atoms with E-state index in [4.69, 9.17) is 4.74 Å². The Morgan fingerprint density at radius 1 is 1.05 bits per heavy atom. The molecular weight excluding hydrogens is 500 g/mol. The summed E-state index contributed by atoms with van der Waals surface area (Å²) < 4.78 is 5.40. The van der Waals surface area contributed by atoms with Crippen LogP contribution in [-0.4, -0.2) is 71.3 Å². The number of ketones is 1. The number of amides is 4. The van der Waals surface area contributed by atoms with Crippen LogP contribution in [0.25, 0.3) is 0 Å². The Kier molecular flexibility index (Phi) is 9.67. The second-order valence-corrected chi connectivity index (χ2v) is 13.9. The van der Waals surface area contributed by atoms with Crippen molar-refractivity contribution in [2.24, 2.45) is 28.6 Å². The standard InChI is InChI=1S/C29H48N4O6/c1-12-13-30-24(36)21(34)18(14-16(2)3)31-23(35)20-19-17(29(19,10)11)15-33(20)25(37)22(27(4,5)6)32-26(38)39-28(7,8)9/h12,16-20,22H,1,13-15H2,2-11H3,(H,30,36)(H,31,35)(H,32,38)/t17-,18?,19-,20+,22-/m1/s1. The first kappa shape index (κ1) is 32.3. The average molecular weight is 549 g/mol. The van der Waals surface area contributed by atoms with Gasteiger partial charge in [-0.05, 0) is 55.8 Å². The maximum Gasteiger partial charge on any atom is 0.408 e. The zero-order valence-corrected chi connectivity index (χ0v) is 25.3. The number of alkyl carbamates (subject to hydrolysis) is 1. The monoisotopic (exact) mass is 548 g/mol. The summed E-state index contributed by atoms with van der Waals surface area (Å²) in [6.45, 7) is 22.7. The SMILES string of the molecule is C=CCNC(=O)C(=O)C(CC(C)C)NC(=O)[C@@H]1[C@H]2[C@@H](CN1C(=O)[C@@H](NC(=O)OC(C)(C)C)C(C)(C)C)C2(C)C. The first-order valence-corrected chi connectivity index (χ1v) is 13.8. The average Bonchev–Trinajstić information content (AvgIpc) is 3.11. The molecule has 4 amide bonds. The molecule has 1 aliphatic heterocycles. The van der Waals surface area contributed by atoms with Crippen molar-refractivity contribution in [2.75, 3.05) is 13.1 Å². The number of rotatable bonds is 10. The Balaban J connectivity index is 2.33. The van der Waals surface area contributed by atoms with E-state index < -0.39 is 52.8 Å². The van der Waals surface area contributed by atoms with E-state index in [1.165, 1.54) is 11.0 Å². The van der Waals surface area contributed by atoms with Crippen LogP contribution in [-0.2, 0) is 23.9 Å². The summed E-state index contributed by atoms with van der Waals surface area (Å²) >= 11 is 0. The third-order valence-corrected chi connectivity index (χ3v) is 7.51. The molecule has 1 saturated carbocycles. The van der Waals surface area contributed by atoms with Crippen molar-refractivity contribution in [3.8, 4) is 0 Å². The van der Waals surface area contributed by atoms with Crippen LogP contribution in [0.4, 0.5) is 4.79 Å². The van der Waals surface area contributed by atoms with Crippen molar-refractivity contribution < 1.29 is 28.7 Å². The van der Waals surface area contributed by atoms with E-state index in [0.29, 0.717) is 6.54 Å². The number of likely N-dealkylation sites (tertiary alicyclic amines) is 1. The minimum atomic E-state index is -1.03. The number of carbonyl (C=O) groups excluding carboxylic acids is 5. The number of nitrogens with zero attached hydrogens (tertiary/aromatic N) is 1. The fraction of sp³-hybridized carbons (Fsp3) is 0.759. The van der Waals surface area contributed by atoms with Crippen LogP contribution in [0.3, 0.4) is 0 Å². The van der Waals surface area contributed by atoms with Crippen LogP contribution in [0.5, 0.6) is 0 Å². The lowest BCUT2D eigenvalue weighted by atomic mass is 9.85. The van der Waals surface area contributed by atoms with Crippen molar-refractivity contribution in [1.29, 1.82) is 0 Å². The van der Waals surface area contributed by atoms with Crippen LogP contribution >= 0.6 is 0 Å². The van der Waals surface area contributed by atoms with Crippen molar-refractivity contribution in [3.63, 3.8) is 0 Å². The highest BCUT2D eigenvalue weighted by molar-refractivity contribution is 6.38. The molecule has 0 aromatic heterocycles. The first-order valence-electron chi connectivity index (χ1n) is 13.8. The van der Waals surface area contributed by atoms with Gasteiger partial charge in [-0.2, -0.15) is 0 Å². The van der Waals surface area contributed by atoms with Gasteiger partial charge in [0.05, 0.1) is 6.04 Å². The van der Waals surface area contributed by atoms with Gasteiger partial charge in [0.25, 0.3) is 5.91 Å². The number of piperidine rings is 1. The van der Waals surface area contributed by atoms with Gasteiger partial charge in [-0.25, -0.2) is 4.79 Å². The van der Waals surface area contributed by atoms with Crippen LogP contribution in [0.1, 0.15) is 75.7 Å². The molecule has 0 bridgehead atoms. The third-order valence-electron chi connectivity index (χ3n) is 7.51. The van der Waals surface area contributed by atoms with Crippen LogP contribution in [0.2, 0.25) is 0 Å². The largest absolute Gasteiger partial charge is 0.444 e. The fourth-order valence-corrected chi connectivity index (χ4v) is 5.42. The van der Waals surface area contributed by atoms with Crippen molar-refractivity contribution in [1.82, 2.24) is 20.9 Å². The summed E-state index contributed by atoms with van der Waals surface area (Å²) in [6, 6.07) is -2.80. The molecule has 2 fully saturated rings.